The standard InChI is InChI=1S/C21H22Cl2F2N2O2/c22-20(23)21(29)27-18(12-25)19(28)17-8-6-16(7-9-17)15-4-2-14(3-5-15)13-26-11-1-10-24/h2-9,18,20,26H,1,10-13H2,(H,27,29)/t18-/m1/s1. The largest absolute Gasteiger partial charge is 0.341 e. The number of alkyl halides is 4. The second-order valence-corrected chi connectivity index (χ2v) is 7.47. The van der Waals surface area contributed by atoms with Crippen LogP contribution in [0, 0.1) is 0 Å². The zero-order valence-electron chi connectivity index (χ0n) is 15.6. The molecule has 2 aromatic rings. The highest BCUT2D eigenvalue weighted by Gasteiger charge is 2.24. The van der Waals surface area contributed by atoms with E-state index in [1.54, 1.807) is 24.3 Å². The molecule has 2 aromatic carbocycles. The van der Waals surface area contributed by atoms with Gasteiger partial charge in [0.15, 0.2) is 10.6 Å². The topological polar surface area (TPSA) is 58.2 Å². The van der Waals surface area contributed by atoms with Crippen molar-refractivity contribution in [3.63, 3.8) is 0 Å². The van der Waals surface area contributed by atoms with Crippen LogP contribution in [0.15, 0.2) is 48.5 Å². The van der Waals surface area contributed by atoms with Crippen LogP contribution in [0.1, 0.15) is 22.3 Å². The highest BCUT2D eigenvalue weighted by Crippen LogP contribution is 2.21. The average Bonchev–Trinajstić information content (AvgIpc) is 2.75. The molecule has 0 aromatic heterocycles. The Labute approximate surface area is 178 Å². The van der Waals surface area contributed by atoms with Crippen molar-refractivity contribution in [2.45, 2.75) is 23.8 Å². The van der Waals surface area contributed by atoms with Crippen molar-refractivity contribution < 1.29 is 18.4 Å². The molecule has 0 saturated carbocycles. The predicted molar refractivity (Wildman–Crippen MR) is 112 cm³/mol. The van der Waals surface area contributed by atoms with Crippen LogP contribution in [0.3, 0.4) is 0 Å². The summed E-state index contributed by atoms with van der Waals surface area (Å²) in [5.74, 6) is -1.38. The summed E-state index contributed by atoms with van der Waals surface area (Å²) in [4.78, 5) is 22.5. The van der Waals surface area contributed by atoms with E-state index in [-0.39, 0.29) is 12.2 Å². The van der Waals surface area contributed by atoms with Crippen LogP contribution in [0.5, 0.6) is 0 Å². The Bertz CT molecular complexity index is 799. The number of nitrogens with one attached hydrogen (secondary N) is 2. The van der Waals surface area contributed by atoms with Crippen LogP contribution in [-0.4, -0.2) is 42.5 Å². The lowest BCUT2D eigenvalue weighted by Gasteiger charge is -2.15. The molecule has 156 valence electrons. The van der Waals surface area contributed by atoms with Crippen molar-refractivity contribution in [2.75, 3.05) is 19.9 Å². The SMILES string of the molecule is O=C(N[C@H](CF)C(=O)c1ccc(-c2ccc(CNCCCF)cc2)cc1)C(Cl)Cl. The van der Waals surface area contributed by atoms with Gasteiger partial charge < -0.3 is 10.6 Å². The third-order valence-electron chi connectivity index (χ3n) is 4.26. The minimum atomic E-state index is -1.37. The van der Waals surface area contributed by atoms with E-state index in [1.807, 2.05) is 24.3 Å². The highest BCUT2D eigenvalue weighted by molar-refractivity contribution is 6.53. The molecule has 1 atom stereocenters. The van der Waals surface area contributed by atoms with Gasteiger partial charge in [-0.05, 0) is 29.7 Å². The summed E-state index contributed by atoms with van der Waals surface area (Å²) in [7, 11) is 0. The van der Waals surface area contributed by atoms with Gasteiger partial charge in [0.05, 0.1) is 6.67 Å². The smallest absolute Gasteiger partial charge is 0.253 e. The minimum Gasteiger partial charge on any atom is -0.341 e. The number of carbonyl (C=O) groups excluding carboxylic acids is 2. The van der Waals surface area contributed by atoms with Gasteiger partial charge >= 0.3 is 0 Å². The van der Waals surface area contributed by atoms with Gasteiger partial charge in [-0.25, -0.2) is 4.39 Å². The third kappa shape index (κ3) is 7.07. The van der Waals surface area contributed by atoms with Crippen LogP contribution >= 0.6 is 23.2 Å². The van der Waals surface area contributed by atoms with Gasteiger partial charge in [-0.1, -0.05) is 71.7 Å². The molecule has 0 aliphatic carbocycles. The Balaban J connectivity index is 2.01. The van der Waals surface area contributed by atoms with E-state index in [1.165, 1.54) is 0 Å². The molecule has 0 aliphatic heterocycles. The lowest BCUT2D eigenvalue weighted by Crippen LogP contribution is -2.44. The zero-order chi connectivity index (χ0) is 21.2. The molecule has 4 nitrogen and oxygen atoms in total. The van der Waals surface area contributed by atoms with Crippen molar-refractivity contribution in [2.24, 2.45) is 0 Å². The Morgan fingerprint density at radius 3 is 2.03 bits per heavy atom. The van der Waals surface area contributed by atoms with Gasteiger partial charge in [-0.2, -0.15) is 0 Å². The summed E-state index contributed by atoms with van der Waals surface area (Å²) in [6.07, 6.45) is 0.494. The van der Waals surface area contributed by atoms with E-state index in [0.29, 0.717) is 19.5 Å². The van der Waals surface area contributed by atoms with E-state index < -0.39 is 29.2 Å². The van der Waals surface area contributed by atoms with Crippen LogP contribution in [-0.2, 0) is 11.3 Å². The molecule has 0 spiro atoms. The van der Waals surface area contributed by atoms with Gasteiger partial charge in [0, 0.05) is 12.1 Å². The number of hydrogen-bond acceptors (Lipinski definition) is 3. The minimum absolute atomic E-state index is 0.270. The van der Waals surface area contributed by atoms with E-state index in [9.17, 15) is 18.4 Å². The number of ketones is 1. The fraction of sp³-hybridized carbons (Fsp3) is 0.333. The van der Waals surface area contributed by atoms with Gasteiger partial charge in [0.2, 0.25) is 0 Å². The number of hydrogen-bond donors (Lipinski definition) is 2. The number of rotatable bonds is 11. The summed E-state index contributed by atoms with van der Waals surface area (Å²) in [6.45, 7) is -0.101. The molecule has 0 bridgehead atoms. The van der Waals surface area contributed by atoms with Gasteiger partial charge in [0.25, 0.3) is 5.91 Å². The summed E-state index contributed by atoms with van der Waals surface area (Å²) in [5, 5.41) is 5.35. The van der Waals surface area contributed by atoms with Gasteiger partial charge in [-0.3, -0.25) is 14.0 Å². The number of halogens is 4. The average molecular weight is 443 g/mol. The van der Waals surface area contributed by atoms with Crippen molar-refractivity contribution in [3.05, 3.63) is 59.7 Å². The lowest BCUT2D eigenvalue weighted by atomic mass is 9.99. The number of carbonyl (C=O) groups is 2. The molecule has 1 amide bonds. The molecule has 0 heterocycles. The summed E-state index contributed by atoms with van der Waals surface area (Å²) < 4.78 is 25.3. The molecular weight excluding hydrogens is 421 g/mol. The number of benzene rings is 2. The first kappa shape index (κ1) is 23.3. The van der Waals surface area contributed by atoms with E-state index in [4.69, 9.17) is 23.2 Å². The Kier molecular flexibility index (Phi) is 9.51. The Hall–Kier alpha value is -2.02. The molecular formula is C21H22Cl2F2N2O2. The van der Waals surface area contributed by atoms with Crippen molar-refractivity contribution in [1.82, 2.24) is 10.6 Å². The molecule has 0 aliphatic rings. The van der Waals surface area contributed by atoms with E-state index in [0.717, 1.165) is 16.7 Å². The fourth-order valence-electron chi connectivity index (χ4n) is 2.68. The van der Waals surface area contributed by atoms with Crippen molar-refractivity contribution >= 4 is 34.9 Å². The first-order valence-corrected chi connectivity index (χ1v) is 9.98. The number of Topliss-reactive ketones (excluding diaryl/α,β-unsaturated/α-hetero) is 1. The quantitative estimate of drug-likeness (QED) is 0.310. The van der Waals surface area contributed by atoms with Crippen LogP contribution in [0.25, 0.3) is 11.1 Å². The molecule has 0 saturated heterocycles. The molecule has 2 N–H and O–H groups in total. The second kappa shape index (κ2) is 11.9. The molecule has 29 heavy (non-hydrogen) atoms. The zero-order valence-corrected chi connectivity index (χ0v) is 17.1. The second-order valence-electron chi connectivity index (χ2n) is 6.37. The van der Waals surface area contributed by atoms with E-state index >= 15 is 0 Å². The van der Waals surface area contributed by atoms with Gasteiger partial charge in [-0.15, -0.1) is 0 Å². The maximum Gasteiger partial charge on any atom is 0.253 e. The fourth-order valence-corrected chi connectivity index (χ4v) is 2.80. The summed E-state index contributed by atoms with van der Waals surface area (Å²) >= 11 is 10.8. The molecule has 8 heteroatoms. The monoisotopic (exact) mass is 442 g/mol. The van der Waals surface area contributed by atoms with Gasteiger partial charge in [0.1, 0.15) is 12.7 Å². The predicted octanol–water partition coefficient (Wildman–Crippen LogP) is 4.24. The highest BCUT2D eigenvalue weighted by atomic mass is 35.5. The van der Waals surface area contributed by atoms with Crippen molar-refractivity contribution in [1.29, 1.82) is 0 Å². The third-order valence-corrected chi connectivity index (χ3v) is 4.65. The molecule has 0 unspecified atom stereocenters. The first-order valence-electron chi connectivity index (χ1n) is 9.11. The lowest BCUT2D eigenvalue weighted by molar-refractivity contribution is -0.120. The van der Waals surface area contributed by atoms with Crippen LogP contribution < -0.4 is 10.6 Å². The molecule has 2 rings (SSSR count). The van der Waals surface area contributed by atoms with Crippen LogP contribution in [0.2, 0.25) is 0 Å². The molecule has 0 radical (unpaired) electrons. The Morgan fingerprint density at radius 1 is 0.931 bits per heavy atom. The van der Waals surface area contributed by atoms with E-state index in [2.05, 4.69) is 10.6 Å². The van der Waals surface area contributed by atoms with Crippen molar-refractivity contribution in [3.8, 4) is 11.1 Å². The number of amides is 1. The maximum absolute atomic E-state index is 13.2. The van der Waals surface area contributed by atoms with Crippen LogP contribution in [0.4, 0.5) is 8.78 Å². The molecule has 0 fully saturated rings. The first-order chi connectivity index (χ1) is 14.0. The summed E-state index contributed by atoms with van der Waals surface area (Å²) in [6, 6.07) is 13.2. The maximum atomic E-state index is 13.2. The summed E-state index contributed by atoms with van der Waals surface area (Å²) in [5.41, 5.74) is 3.20. The Morgan fingerprint density at radius 2 is 1.52 bits per heavy atom. The normalized spacial score (nSPS) is 12.0.